The third-order valence-electron chi connectivity index (χ3n) is 4.51. The topological polar surface area (TPSA) is 21.3 Å². The van der Waals surface area contributed by atoms with Gasteiger partial charge in [-0.25, -0.2) is 0 Å². The van der Waals surface area contributed by atoms with E-state index < -0.39 is 0 Å². The van der Waals surface area contributed by atoms with Gasteiger partial charge in [0, 0.05) is 12.6 Å². The van der Waals surface area contributed by atoms with Gasteiger partial charge in [-0.1, -0.05) is 19.8 Å². The second-order valence-electron chi connectivity index (χ2n) is 5.96. The highest BCUT2D eigenvalue weighted by Crippen LogP contribution is 2.47. The van der Waals surface area contributed by atoms with Crippen molar-refractivity contribution in [3.63, 3.8) is 0 Å². The summed E-state index contributed by atoms with van der Waals surface area (Å²) >= 11 is 0. The summed E-state index contributed by atoms with van der Waals surface area (Å²) in [4.78, 5) is 0. The van der Waals surface area contributed by atoms with Gasteiger partial charge in [-0.3, -0.25) is 0 Å². The summed E-state index contributed by atoms with van der Waals surface area (Å²) in [6.45, 7) is 6.77. The van der Waals surface area contributed by atoms with E-state index in [1.54, 1.807) is 0 Å². The fourth-order valence-corrected chi connectivity index (χ4v) is 2.57. The van der Waals surface area contributed by atoms with Crippen LogP contribution < -0.4 is 5.32 Å². The van der Waals surface area contributed by atoms with Gasteiger partial charge in [0.1, 0.15) is 0 Å². The van der Waals surface area contributed by atoms with Gasteiger partial charge in [-0.15, -0.1) is 0 Å². The van der Waals surface area contributed by atoms with Crippen molar-refractivity contribution in [2.45, 2.75) is 70.9 Å². The molecule has 2 aliphatic rings. The molecule has 0 aromatic carbocycles. The summed E-state index contributed by atoms with van der Waals surface area (Å²) in [5.74, 6) is 0. The van der Waals surface area contributed by atoms with E-state index in [-0.39, 0.29) is 0 Å². The van der Waals surface area contributed by atoms with Gasteiger partial charge in [0.15, 0.2) is 0 Å². The van der Waals surface area contributed by atoms with E-state index in [1.807, 2.05) is 0 Å². The SMILES string of the molecule is CC(NCCCOC1CCCC1)C1(C)CC1. The van der Waals surface area contributed by atoms with Crippen LogP contribution in [0.25, 0.3) is 0 Å². The molecule has 0 heterocycles. The van der Waals surface area contributed by atoms with Crippen molar-refractivity contribution in [2.24, 2.45) is 5.41 Å². The zero-order valence-electron chi connectivity index (χ0n) is 10.9. The van der Waals surface area contributed by atoms with E-state index in [1.165, 1.54) is 38.5 Å². The molecule has 0 amide bonds. The molecule has 2 fully saturated rings. The normalized spacial score (nSPS) is 25.9. The van der Waals surface area contributed by atoms with Crippen molar-refractivity contribution in [2.75, 3.05) is 13.2 Å². The Morgan fingerprint density at radius 3 is 2.62 bits per heavy atom. The molecular formula is C14H27NO. The van der Waals surface area contributed by atoms with Gasteiger partial charge in [0.25, 0.3) is 0 Å². The molecule has 2 aliphatic carbocycles. The Labute approximate surface area is 100 Å². The first-order chi connectivity index (χ1) is 7.71. The van der Waals surface area contributed by atoms with Crippen LogP contribution in [-0.2, 0) is 4.74 Å². The summed E-state index contributed by atoms with van der Waals surface area (Å²) in [6.07, 6.45) is 9.88. The van der Waals surface area contributed by atoms with Crippen LogP contribution in [0.4, 0.5) is 0 Å². The summed E-state index contributed by atoms with van der Waals surface area (Å²) in [5.41, 5.74) is 0.603. The molecule has 1 atom stereocenters. The van der Waals surface area contributed by atoms with Crippen molar-refractivity contribution in [1.82, 2.24) is 5.32 Å². The minimum atomic E-state index is 0.582. The zero-order valence-corrected chi connectivity index (χ0v) is 10.9. The molecule has 0 aromatic rings. The molecule has 2 saturated carbocycles. The van der Waals surface area contributed by atoms with E-state index in [9.17, 15) is 0 Å². The van der Waals surface area contributed by atoms with Crippen LogP contribution in [0.2, 0.25) is 0 Å². The van der Waals surface area contributed by atoms with Crippen LogP contribution in [0, 0.1) is 5.41 Å². The van der Waals surface area contributed by atoms with E-state index in [0.717, 1.165) is 19.6 Å². The van der Waals surface area contributed by atoms with Crippen LogP contribution in [0.3, 0.4) is 0 Å². The van der Waals surface area contributed by atoms with Gasteiger partial charge in [-0.05, 0) is 51.0 Å². The summed E-state index contributed by atoms with van der Waals surface area (Å²) in [6, 6.07) is 0.680. The van der Waals surface area contributed by atoms with E-state index in [4.69, 9.17) is 4.74 Å². The molecule has 0 radical (unpaired) electrons. The number of hydrogen-bond acceptors (Lipinski definition) is 2. The van der Waals surface area contributed by atoms with E-state index >= 15 is 0 Å². The van der Waals surface area contributed by atoms with Crippen molar-refractivity contribution in [3.8, 4) is 0 Å². The van der Waals surface area contributed by atoms with Crippen molar-refractivity contribution in [3.05, 3.63) is 0 Å². The quantitative estimate of drug-likeness (QED) is 0.672. The summed E-state index contributed by atoms with van der Waals surface area (Å²) < 4.78 is 5.85. The van der Waals surface area contributed by atoms with Crippen LogP contribution in [0.1, 0.15) is 58.8 Å². The Bertz CT molecular complexity index is 207. The molecule has 2 nitrogen and oxygen atoms in total. The number of rotatable bonds is 7. The first kappa shape index (κ1) is 12.4. The third-order valence-corrected chi connectivity index (χ3v) is 4.51. The molecule has 16 heavy (non-hydrogen) atoms. The Morgan fingerprint density at radius 2 is 2.00 bits per heavy atom. The minimum absolute atomic E-state index is 0.582. The van der Waals surface area contributed by atoms with Gasteiger partial charge < -0.3 is 10.1 Å². The van der Waals surface area contributed by atoms with Crippen molar-refractivity contribution >= 4 is 0 Å². The third kappa shape index (κ3) is 3.46. The van der Waals surface area contributed by atoms with E-state index in [0.29, 0.717) is 17.6 Å². The van der Waals surface area contributed by atoms with E-state index in [2.05, 4.69) is 19.2 Å². The van der Waals surface area contributed by atoms with Gasteiger partial charge in [0.2, 0.25) is 0 Å². The molecule has 0 aromatic heterocycles. The zero-order chi connectivity index (χ0) is 11.4. The Balaban J connectivity index is 1.45. The Kier molecular flexibility index (Phi) is 4.26. The minimum Gasteiger partial charge on any atom is -0.378 e. The molecule has 2 rings (SSSR count). The van der Waals surface area contributed by atoms with Crippen LogP contribution in [-0.4, -0.2) is 25.3 Å². The monoisotopic (exact) mass is 225 g/mol. The maximum Gasteiger partial charge on any atom is 0.0575 e. The predicted molar refractivity (Wildman–Crippen MR) is 67.6 cm³/mol. The second kappa shape index (κ2) is 5.50. The lowest BCUT2D eigenvalue weighted by molar-refractivity contribution is 0.0563. The number of nitrogens with one attached hydrogen (secondary N) is 1. The fraction of sp³-hybridized carbons (Fsp3) is 1.00. The first-order valence-electron chi connectivity index (χ1n) is 7.06. The van der Waals surface area contributed by atoms with Crippen molar-refractivity contribution < 1.29 is 4.74 Å². The average molecular weight is 225 g/mol. The summed E-state index contributed by atoms with van der Waals surface area (Å²) in [5, 5.41) is 3.63. The molecule has 0 saturated heterocycles. The highest BCUT2D eigenvalue weighted by Gasteiger charge is 2.41. The lowest BCUT2D eigenvalue weighted by Crippen LogP contribution is -2.34. The molecule has 0 spiro atoms. The first-order valence-corrected chi connectivity index (χ1v) is 7.06. The molecule has 1 unspecified atom stereocenters. The fourth-order valence-electron chi connectivity index (χ4n) is 2.57. The van der Waals surface area contributed by atoms with Crippen molar-refractivity contribution in [1.29, 1.82) is 0 Å². The predicted octanol–water partition coefficient (Wildman–Crippen LogP) is 3.11. The Hall–Kier alpha value is -0.0800. The lowest BCUT2D eigenvalue weighted by Gasteiger charge is -2.20. The largest absolute Gasteiger partial charge is 0.378 e. The highest BCUT2D eigenvalue weighted by molar-refractivity contribution is 4.96. The highest BCUT2D eigenvalue weighted by atomic mass is 16.5. The van der Waals surface area contributed by atoms with Gasteiger partial charge in [-0.2, -0.15) is 0 Å². The molecule has 1 N–H and O–H groups in total. The molecule has 2 heteroatoms. The van der Waals surface area contributed by atoms with Crippen LogP contribution in [0.5, 0.6) is 0 Å². The van der Waals surface area contributed by atoms with Gasteiger partial charge >= 0.3 is 0 Å². The Morgan fingerprint density at radius 1 is 1.31 bits per heavy atom. The standard InChI is InChI=1S/C14H27NO/c1-12(14(2)8-9-14)15-10-5-11-16-13-6-3-4-7-13/h12-13,15H,3-11H2,1-2H3. The van der Waals surface area contributed by atoms with Crippen LogP contribution in [0.15, 0.2) is 0 Å². The maximum atomic E-state index is 5.85. The second-order valence-corrected chi connectivity index (χ2v) is 5.96. The van der Waals surface area contributed by atoms with Crippen LogP contribution >= 0.6 is 0 Å². The number of hydrogen-bond donors (Lipinski definition) is 1. The summed E-state index contributed by atoms with van der Waals surface area (Å²) in [7, 11) is 0. The number of ether oxygens (including phenoxy) is 1. The molecule has 0 aliphatic heterocycles. The van der Waals surface area contributed by atoms with Gasteiger partial charge in [0.05, 0.1) is 6.10 Å². The average Bonchev–Trinajstić information content (AvgIpc) is 2.81. The lowest BCUT2D eigenvalue weighted by atomic mass is 10.0. The molecule has 94 valence electrons. The molecule has 0 bridgehead atoms. The smallest absolute Gasteiger partial charge is 0.0575 e. The maximum absolute atomic E-state index is 5.85. The molecular weight excluding hydrogens is 198 g/mol.